The van der Waals surface area contributed by atoms with Gasteiger partial charge in [-0.2, -0.15) is 0 Å². The molecule has 0 saturated carbocycles. The zero-order valence-electron chi connectivity index (χ0n) is 9.08. The van der Waals surface area contributed by atoms with Gasteiger partial charge in [0, 0.05) is 18.0 Å². The summed E-state index contributed by atoms with van der Waals surface area (Å²) in [6.07, 6.45) is 4.39. The lowest BCUT2D eigenvalue weighted by Gasteiger charge is -2.28. The van der Waals surface area contributed by atoms with Crippen molar-refractivity contribution < 1.29 is 4.79 Å². The highest BCUT2D eigenvalue weighted by Crippen LogP contribution is 2.23. The first-order chi connectivity index (χ1) is 7.22. The minimum absolute atomic E-state index is 0.0228. The number of carbonyl (C=O) groups is 1. The Morgan fingerprint density at radius 1 is 1.47 bits per heavy atom. The number of benzene rings is 1. The Morgan fingerprint density at radius 3 is 2.93 bits per heavy atom. The van der Waals surface area contributed by atoms with E-state index in [9.17, 15) is 4.79 Å². The van der Waals surface area contributed by atoms with Crippen LogP contribution in [0.15, 0.2) is 24.3 Å². The maximum atomic E-state index is 11.8. The number of fused-ring (bicyclic) bond motifs is 1. The second-order valence-electron chi connectivity index (χ2n) is 4.03. The van der Waals surface area contributed by atoms with Crippen LogP contribution in [0, 0.1) is 12.3 Å². The fraction of sp³-hybridized carbons (Fsp3) is 0.385. The van der Waals surface area contributed by atoms with Crippen molar-refractivity contribution in [1.29, 1.82) is 0 Å². The Kier molecular flexibility index (Phi) is 2.76. The first-order valence-corrected chi connectivity index (χ1v) is 5.38. The van der Waals surface area contributed by atoms with Crippen molar-refractivity contribution in [3.05, 3.63) is 41.8 Å². The summed E-state index contributed by atoms with van der Waals surface area (Å²) < 4.78 is 0. The van der Waals surface area contributed by atoms with E-state index in [0.29, 0.717) is 5.92 Å². The fourth-order valence-corrected chi connectivity index (χ4v) is 1.75. The van der Waals surface area contributed by atoms with Gasteiger partial charge in [0.15, 0.2) is 0 Å². The third-order valence-corrected chi connectivity index (χ3v) is 2.98. The molecular formula is C13H15NO. The molecule has 78 valence electrons. The molecule has 1 heterocycles. The standard InChI is InChI=1S/C13H15NO/c1-3-9(2)12-8-10-6-4-5-7-11(10)13(15)14-12/h4-7,9,12H,3H2,1-2H3,(H,14,15)/t9-,12-/m0/s1. The van der Waals surface area contributed by atoms with E-state index in [1.54, 1.807) is 0 Å². The van der Waals surface area contributed by atoms with Crippen LogP contribution < -0.4 is 5.32 Å². The van der Waals surface area contributed by atoms with Gasteiger partial charge in [-0.25, -0.2) is 0 Å². The molecule has 2 heteroatoms. The Morgan fingerprint density at radius 2 is 2.20 bits per heavy atom. The summed E-state index contributed by atoms with van der Waals surface area (Å²) in [5.74, 6) is 0.456. The average molecular weight is 201 g/mol. The summed E-state index contributed by atoms with van der Waals surface area (Å²) >= 11 is 0. The smallest absolute Gasteiger partial charge is 0.251 e. The molecule has 0 fully saturated rings. The van der Waals surface area contributed by atoms with Gasteiger partial charge in [0.05, 0.1) is 0 Å². The summed E-state index contributed by atoms with van der Waals surface area (Å²) in [7, 11) is 0. The Hall–Kier alpha value is -1.31. The zero-order valence-corrected chi connectivity index (χ0v) is 9.08. The van der Waals surface area contributed by atoms with Crippen molar-refractivity contribution in [1.82, 2.24) is 5.32 Å². The molecule has 2 nitrogen and oxygen atoms in total. The summed E-state index contributed by atoms with van der Waals surface area (Å²) in [5, 5.41) is 2.97. The lowest BCUT2D eigenvalue weighted by molar-refractivity contribution is 0.0923. The summed E-state index contributed by atoms with van der Waals surface area (Å²) in [4.78, 5) is 11.8. The van der Waals surface area contributed by atoms with E-state index in [-0.39, 0.29) is 11.9 Å². The van der Waals surface area contributed by atoms with E-state index in [0.717, 1.165) is 17.5 Å². The van der Waals surface area contributed by atoms with Crippen LogP contribution in [0.1, 0.15) is 36.2 Å². The van der Waals surface area contributed by atoms with E-state index in [1.165, 1.54) is 0 Å². The largest absolute Gasteiger partial charge is 0.348 e. The SMILES string of the molecule is CC[C@H](C)[C@@H]1[C]c2ccccc2C(=O)N1. The molecule has 0 bridgehead atoms. The first kappa shape index (κ1) is 10.2. The topological polar surface area (TPSA) is 29.1 Å². The Balaban J connectivity index is 2.26. The van der Waals surface area contributed by atoms with Gasteiger partial charge in [0.2, 0.25) is 0 Å². The second kappa shape index (κ2) is 4.05. The van der Waals surface area contributed by atoms with Gasteiger partial charge in [-0.15, -0.1) is 0 Å². The van der Waals surface area contributed by atoms with E-state index in [1.807, 2.05) is 24.3 Å². The summed E-state index contributed by atoms with van der Waals surface area (Å²) in [5.41, 5.74) is 1.67. The van der Waals surface area contributed by atoms with Crippen molar-refractivity contribution >= 4 is 5.91 Å². The maximum Gasteiger partial charge on any atom is 0.251 e. The van der Waals surface area contributed by atoms with Crippen molar-refractivity contribution in [2.24, 2.45) is 5.92 Å². The molecule has 2 radical (unpaired) electrons. The molecule has 1 N–H and O–H groups in total. The van der Waals surface area contributed by atoms with Crippen molar-refractivity contribution in [3.63, 3.8) is 0 Å². The van der Waals surface area contributed by atoms with Crippen LogP contribution in [0.2, 0.25) is 0 Å². The fourth-order valence-electron chi connectivity index (χ4n) is 1.75. The number of amides is 1. The van der Waals surface area contributed by atoms with Crippen LogP contribution >= 0.6 is 0 Å². The lowest BCUT2D eigenvalue weighted by atomic mass is 9.87. The van der Waals surface area contributed by atoms with Gasteiger partial charge in [-0.3, -0.25) is 4.79 Å². The zero-order chi connectivity index (χ0) is 10.8. The van der Waals surface area contributed by atoms with E-state index >= 15 is 0 Å². The highest BCUT2D eigenvalue weighted by molar-refractivity contribution is 5.97. The third-order valence-electron chi connectivity index (χ3n) is 2.98. The van der Waals surface area contributed by atoms with Crippen LogP contribution in [0.5, 0.6) is 0 Å². The molecule has 15 heavy (non-hydrogen) atoms. The van der Waals surface area contributed by atoms with E-state index in [2.05, 4.69) is 25.6 Å². The minimum atomic E-state index is 0.0228. The highest BCUT2D eigenvalue weighted by Gasteiger charge is 2.27. The van der Waals surface area contributed by atoms with Crippen molar-refractivity contribution in [2.75, 3.05) is 0 Å². The van der Waals surface area contributed by atoms with Gasteiger partial charge >= 0.3 is 0 Å². The number of nitrogens with one attached hydrogen (secondary N) is 1. The van der Waals surface area contributed by atoms with Crippen LogP contribution in [0.25, 0.3) is 0 Å². The molecule has 1 amide bonds. The number of hydrogen-bond acceptors (Lipinski definition) is 1. The molecule has 2 atom stereocenters. The first-order valence-electron chi connectivity index (χ1n) is 5.38. The highest BCUT2D eigenvalue weighted by atomic mass is 16.1. The monoisotopic (exact) mass is 201 g/mol. The predicted molar refractivity (Wildman–Crippen MR) is 59.5 cm³/mol. The quantitative estimate of drug-likeness (QED) is 0.781. The maximum absolute atomic E-state index is 11.8. The van der Waals surface area contributed by atoms with Crippen LogP contribution in [-0.4, -0.2) is 11.9 Å². The molecular weight excluding hydrogens is 186 g/mol. The minimum Gasteiger partial charge on any atom is -0.348 e. The normalized spacial score (nSPS) is 21.7. The number of carbonyl (C=O) groups excluding carboxylic acids is 1. The molecule has 2 rings (SSSR count). The molecule has 0 spiro atoms. The molecule has 1 aromatic rings. The second-order valence-corrected chi connectivity index (χ2v) is 4.03. The molecule has 1 aromatic carbocycles. The van der Waals surface area contributed by atoms with Gasteiger partial charge in [0.25, 0.3) is 5.91 Å². The van der Waals surface area contributed by atoms with Gasteiger partial charge in [-0.05, 0) is 17.5 Å². The van der Waals surface area contributed by atoms with Crippen LogP contribution in [-0.2, 0) is 0 Å². The number of hydrogen-bond donors (Lipinski definition) is 1. The number of rotatable bonds is 2. The predicted octanol–water partition coefficient (Wildman–Crippen LogP) is 2.27. The van der Waals surface area contributed by atoms with E-state index in [4.69, 9.17) is 0 Å². The van der Waals surface area contributed by atoms with Gasteiger partial charge in [-0.1, -0.05) is 38.5 Å². The molecule has 1 aliphatic heterocycles. The molecule has 0 aromatic heterocycles. The third kappa shape index (κ3) is 1.89. The van der Waals surface area contributed by atoms with E-state index < -0.39 is 0 Å². The molecule has 0 saturated heterocycles. The van der Waals surface area contributed by atoms with Crippen LogP contribution in [0.3, 0.4) is 0 Å². The summed E-state index contributed by atoms with van der Waals surface area (Å²) in [6.45, 7) is 4.25. The van der Waals surface area contributed by atoms with Crippen molar-refractivity contribution in [3.8, 4) is 0 Å². The lowest BCUT2D eigenvalue weighted by Crippen LogP contribution is -2.43. The molecule has 1 aliphatic rings. The molecule has 0 aliphatic carbocycles. The average Bonchev–Trinajstić information content (AvgIpc) is 2.28. The Labute approximate surface area is 90.7 Å². The van der Waals surface area contributed by atoms with Gasteiger partial charge in [0.1, 0.15) is 0 Å². The Bertz CT molecular complexity index is 373. The molecule has 0 unspecified atom stereocenters. The van der Waals surface area contributed by atoms with Crippen LogP contribution in [0.4, 0.5) is 0 Å². The van der Waals surface area contributed by atoms with Gasteiger partial charge < -0.3 is 5.32 Å². The van der Waals surface area contributed by atoms with Crippen molar-refractivity contribution in [2.45, 2.75) is 26.3 Å². The summed E-state index contributed by atoms with van der Waals surface area (Å²) in [6, 6.07) is 7.66.